The molecule has 0 saturated carbocycles. The van der Waals surface area contributed by atoms with Gasteiger partial charge in [0.25, 0.3) is 5.69 Å². The molecule has 0 bridgehead atoms. The zero-order valence-electron chi connectivity index (χ0n) is 8.56. The van der Waals surface area contributed by atoms with Crippen molar-refractivity contribution in [2.75, 3.05) is 11.5 Å². The van der Waals surface area contributed by atoms with E-state index in [1.54, 1.807) is 6.92 Å². The van der Waals surface area contributed by atoms with E-state index >= 15 is 0 Å². The van der Waals surface area contributed by atoms with Crippen LogP contribution in [-0.2, 0) is 0 Å². The van der Waals surface area contributed by atoms with Gasteiger partial charge in [0.05, 0.1) is 10.5 Å². The number of nitro benzene ring substituents is 1. The number of carbonyl (C=O) groups excluding carboxylic acids is 1. The molecular weight excluding hydrogens is 214 g/mol. The Kier molecular flexibility index (Phi) is 2.98. The lowest BCUT2D eigenvalue weighted by atomic mass is 10.0. The number of nitrogen functional groups attached to an aromatic ring is 2. The van der Waals surface area contributed by atoms with Crippen LogP contribution < -0.4 is 11.5 Å². The smallest absolute Gasteiger partial charge is 0.295 e. The minimum absolute atomic E-state index is 0.105. The van der Waals surface area contributed by atoms with E-state index in [2.05, 4.69) is 0 Å². The number of nitro groups is 1. The molecule has 0 atom stereocenters. The monoisotopic (exact) mass is 225 g/mol. The van der Waals surface area contributed by atoms with E-state index in [9.17, 15) is 20.0 Å². The third-order valence-electron chi connectivity index (χ3n) is 2.18. The molecule has 7 nitrogen and oxygen atoms in total. The number of hydrogen-bond acceptors (Lipinski definition) is 6. The molecule has 0 unspecified atom stereocenters. The van der Waals surface area contributed by atoms with E-state index in [0.29, 0.717) is 0 Å². The minimum atomic E-state index is -0.752. The van der Waals surface area contributed by atoms with Crippen molar-refractivity contribution in [3.05, 3.63) is 21.7 Å². The van der Waals surface area contributed by atoms with Gasteiger partial charge in [-0.15, -0.1) is 0 Å². The molecule has 0 aromatic heterocycles. The molecule has 0 amide bonds. The van der Waals surface area contributed by atoms with Crippen LogP contribution in [-0.4, -0.2) is 15.8 Å². The largest absolute Gasteiger partial charge is 0.505 e. The first-order valence-corrected chi connectivity index (χ1v) is 4.48. The number of Topliss-reactive ketones (excluding diaryl/α,β-unsaturated/α-hetero) is 1. The summed E-state index contributed by atoms with van der Waals surface area (Å²) >= 11 is 0. The number of rotatable bonds is 3. The molecule has 5 N–H and O–H groups in total. The Morgan fingerprint density at radius 2 is 2.06 bits per heavy atom. The van der Waals surface area contributed by atoms with Crippen molar-refractivity contribution in [3.8, 4) is 5.75 Å². The molecule has 0 saturated heterocycles. The summed E-state index contributed by atoms with van der Waals surface area (Å²) < 4.78 is 0. The van der Waals surface area contributed by atoms with Gasteiger partial charge < -0.3 is 16.6 Å². The van der Waals surface area contributed by atoms with Crippen LogP contribution in [0.5, 0.6) is 5.75 Å². The van der Waals surface area contributed by atoms with Gasteiger partial charge in [0.15, 0.2) is 11.5 Å². The maximum Gasteiger partial charge on any atom is 0.295 e. The zero-order valence-corrected chi connectivity index (χ0v) is 8.56. The summed E-state index contributed by atoms with van der Waals surface area (Å²) in [4.78, 5) is 21.3. The summed E-state index contributed by atoms with van der Waals surface area (Å²) in [6.07, 6.45) is 0.105. The van der Waals surface area contributed by atoms with Crippen molar-refractivity contribution >= 4 is 22.8 Å². The highest BCUT2D eigenvalue weighted by Gasteiger charge is 2.23. The van der Waals surface area contributed by atoms with Crippen molar-refractivity contribution in [1.82, 2.24) is 0 Å². The van der Waals surface area contributed by atoms with Gasteiger partial charge in [0.2, 0.25) is 0 Å². The van der Waals surface area contributed by atoms with E-state index in [1.807, 2.05) is 0 Å². The number of nitrogens with zero attached hydrogens (tertiary/aromatic N) is 1. The van der Waals surface area contributed by atoms with Crippen molar-refractivity contribution < 1.29 is 14.8 Å². The van der Waals surface area contributed by atoms with Gasteiger partial charge in [0, 0.05) is 12.5 Å². The molecule has 1 aromatic rings. The first-order valence-electron chi connectivity index (χ1n) is 4.48. The van der Waals surface area contributed by atoms with Gasteiger partial charge in [-0.3, -0.25) is 14.9 Å². The van der Waals surface area contributed by atoms with Crippen LogP contribution in [0.4, 0.5) is 17.1 Å². The number of phenolic OH excluding ortho intramolecular Hbond substituents is 1. The summed E-state index contributed by atoms with van der Waals surface area (Å²) in [5, 5.41) is 20.2. The van der Waals surface area contributed by atoms with Crippen molar-refractivity contribution in [1.29, 1.82) is 0 Å². The highest BCUT2D eigenvalue weighted by Crippen LogP contribution is 2.38. The molecule has 1 aromatic carbocycles. The maximum atomic E-state index is 11.4. The number of anilines is 2. The summed E-state index contributed by atoms with van der Waals surface area (Å²) in [5.41, 5.74) is 9.40. The average Bonchev–Trinajstić information content (AvgIpc) is 2.25. The second-order valence-corrected chi connectivity index (χ2v) is 3.15. The van der Waals surface area contributed by atoms with Gasteiger partial charge >= 0.3 is 0 Å². The minimum Gasteiger partial charge on any atom is -0.505 e. The molecule has 0 aliphatic rings. The molecule has 0 aliphatic carbocycles. The Morgan fingerprint density at radius 1 is 1.50 bits per heavy atom. The lowest BCUT2D eigenvalue weighted by Crippen LogP contribution is -2.06. The summed E-state index contributed by atoms with van der Waals surface area (Å²) in [6.45, 7) is 1.57. The van der Waals surface area contributed by atoms with Crippen molar-refractivity contribution in [2.45, 2.75) is 13.3 Å². The molecule has 86 valence electrons. The van der Waals surface area contributed by atoms with Crippen LogP contribution >= 0.6 is 0 Å². The predicted octanol–water partition coefficient (Wildman–Crippen LogP) is 1.06. The fourth-order valence-corrected chi connectivity index (χ4v) is 1.25. The molecule has 16 heavy (non-hydrogen) atoms. The number of hydrogen-bond donors (Lipinski definition) is 3. The molecule has 0 spiro atoms. The van der Waals surface area contributed by atoms with E-state index in [4.69, 9.17) is 11.5 Å². The fourth-order valence-electron chi connectivity index (χ4n) is 1.25. The quantitative estimate of drug-likeness (QED) is 0.231. The highest BCUT2D eigenvalue weighted by molar-refractivity contribution is 6.03. The SMILES string of the molecule is CCC(=O)c1cc([N+](=O)[O-])c(N)c(N)c1O. The lowest BCUT2D eigenvalue weighted by molar-refractivity contribution is -0.383. The summed E-state index contributed by atoms with van der Waals surface area (Å²) in [7, 11) is 0. The van der Waals surface area contributed by atoms with Crippen molar-refractivity contribution in [2.24, 2.45) is 0 Å². The second-order valence-electron chi connectivity index (χ2n) is 3.15. The normalized spacial score (nSPS) is 10.1. The van der Waals surface area contributed by atoms with E-state index in [0.717, 1.165) is 6.07 Å². The Bertz CT molecular complexity index is 470. The van der Waals surface area contributed by atoms with Gasteiger partial charge in [-0.25, -0.2) is 0 Å². The van der Waals surface area contributed by atoms with Gasteiger partial charge in [-0.05, 0) is 0 Å². The van der Waals surface area contributed by atoms with E-state index in [1.165, 1.54) is 0 Å². The molecule has 7 heteroatoms. The average molecular weight is 225 g/mol. The number of ketones is 1. The number of nitrogens with two attached hydrogens (primary N) is 2. The topological polar surface area (TPSA) is 132 Å². The van der Waals surface area contributed by atoms with E-state index < -0.39 is 22.1 Å². The van der Waals surface area contributed by atoms with Crippen LogP contribution in [0.25, 0.3) is 0 Å². The molecule has 0 heterocycles. The van der Waals surface area contributed by atoms with Crippen LogP contribution in [0.15, 0.2) is 6.07 Å². The van der Waals surface area contributed by atoms with Gasteiger partial charge in [-0.1, -0.05) is 6.92 Å². The van der Waals surface area contributed by atoms with Gasteiger partial charge in [0.1, 0.15) is 11.4 Å². The van der Waals surface area contributed by atoms with Gasteiger partial charge in [-0.2, -0.15) is 0 Å². The molecule has 0 aliphatic heterocycles. The molecule has 0 radical (unpaired) electrons. The summed E-state index contributed by atoms with van der Waals surface area (Å²) in [5.74, 6) is -0.942. The highest BCUT2D eigenvalue weighted by atomic mass is 16.6. The molecule has 0 fully saturated rings. The first kappa shape index (κ1) is 11.8. The van der Waals surface area contributed by atoms with Crippen molar-refractivity contribution in [3.63, 3.8) is 0 Å². The standard InChI is InChI=1S/C9H11N3O4/c1-2-6(13)4-3-5(12(15)16)7(10)8(11)9(4)14/h3,14H,2,10-11H2,1H3. The first-order chi connectivity index (χ1) is 7.40. The number of carbonyl (C=O) groups is 1. The van der Waals surface area contributed by atoms with Crippen LogP contribution in [0.3, 0.4) is 0 Å². The lowest BCUT2D eigenvalue weighted by Gasteiger charge is -2.08. The molecular formula is C9H11N3O4. The van der Waals surface area contributed by atoms with E-state index in [-0.39, 0.29) is 23.4 Å². The number of aromatic hydroxyl groups is 1. The third-order valence-corrected chi connectivity index (χ3v) is 2.18. The van der Waals surface area contributed by atoms with Crippen LogP contribution in [0.2, 0.25) is 0 Å². The zero-order chi connectivity index (χ0) is 12.5. The summed E-state index contributed by atoms with van der Waals surface area (Å²) in [6, 6.07) is 0.937. The van der Waals surface area contributed by atoms with Crippen LogP contribution in [0, 0.1) is 10.1 Å². The van der Waals surface area contributed by atoms with Crippen LogP contribution in [0.1, 0.15) is 23.7 Å². The second kappa shape index (κ2) is 4.05. The third kappa shape index (κ3) is 1.74. The Labute approximate surface area is 90.8 Å². The molecule has 1 rings (SSSR count). The Hall–Kier alpha value is -2.31. The Balaban J connectivity index is 3.53. The maximum absolute atomic E-state index is 11.4. The predicted molar refractivity (Wildman–Crippen MR) is 58.2 cm³/mol. The number of benzene rings is 1. The Morgan fingerprint density at radius 3 is 2.50 bits per heavy atom. The fraction of sp³-hybridized carbons (Fsp3) is 0.222. The number of phenols is 1.